The van der Waals surface area contributed by atoms with Crippen molar-refractivity contribution in [1.82, 2.24) is 4.90 Å². The Morgan fingerprint density at radius 2 is 2.14 bits per heavy atom. The second kappa shape index (κ2) is 6.02. The Balaban J connectivity index is 1.73. The van der Waals surface area contributed by atoms with E-state index in [0.717, 1.165) is 30.2 Å². The molecule has 1 aromatic rings. The van der Waals surface area contributed by atoms with Crippen LogP contribution >= 0.6 is 11.8 Å². The van der Waals surface area contributed by atoms with E-state index in [4.69, 9.17) is 0 Å². The van der Waals surface area contributed by atoms with Crippen molar-refractivity contribution in [3.63, 3.8) is 0 Å². The van der Waals surface area contributed by atoms with E-state index in [9.17, 15) is 9.18 Å². The second-order valence-electron chi connectivity index (χ2n) is 5.56. The van der Waals surface area contributed by atoms with Crippen molar-refractivity contribution in [2.75, 3.05) is 13.1 Å². The number of piperidine rings is 1. The summed E-state index contributed by atoms with van der Waals surface area (Å²) in [5.74, 6) is 0.168. The second-order valence-corrected chi connectivity index (χ2v) is 6.56. The van der Waals surface area contributed by atoms with Crippen LogP contribution in [0.4, 0.5) is 4.39 Å². The SMILES string of the molecule is CC1CCCN(C2=NC(=O)/C(=C/c3ccc(F)cc3)S2)C1. The molecule has 1 unspecified atom stereocenters. The van der Waals surface area contributed by atoms with Crippen LogP contribution in [0.2, 0.25) is 0 Å². The fourth-order valence-electron chi connectivity index (χ4n) is 2.61. The molecule has 0 radical (unpaired) electrons. The number of hydrogen-bond donors (Lipinski definition) is 0. The minimum absolute atomic E-state index is 0.197. The van der Waals surface area contributed by atoms with Crippen LogP contribution in [-0.4, -0.2) is 29.1 Å². The monoisotopic (exact) mass is 304 g/mol. The normalized spacial score (nSPS) is 24.6. The molecule has 3 rings (SSSR count). The molecule has 1 fully saturated rings. The number of amides is 1. The average molecular weight is 304 g/mol. The van der Waals surface area contributed by atoms with Crippen molar-refractivity contribution >= 4 is 28.9 Å². The van der Waals surface area contributed by atoms with E-state index in [2.05, 4.69) is 16.8 Å². The van der Waals surface area contributed by atoms with Gasteiger partial charge >= 0.3 is 0 Å². The molecule has 2 aliphatic heterocycles. The summed E-state index contributed by atoms with van der Waals surface area (Å²) in [6.07, 6.45) is 4.16. The third kappa shape index (κ3) is 3.35. The first-order valence-corrected chi connectivity index (χ1v) is 7.96. The number of hydrogen-bond acceptors (Lipinski definition) is 3. The third-order valence-corrected chi connectivity index (χ3v) is 4.75. The largest absolute Gasteiger partial charge is 0.351 e. The number of aliphatic imine (C=N–C) groups is 1. The summed E-state index contributed by atoms with van der Waals surface area (Å²) >= 11 is 1.42. The van der Waals surface area contributed by atoms with Crippen LogP contribution in [0.15, 0.2) is 34.2 Å². The molecule has 0 aliphatic carbocycles. The summed E-state index contributed by atoms with van der Waals surface area (Å²) in [7, 11) is 0. The van der Waals surface area contributed by atoms with Gasteiger partial charge in [-0.25, -0.2) is 4.39 Å². The van der Waals surface area contributed by atoms with Gasteiger partial charge in [0, 0.05) is 13.1 Å². The molecule has 0 spiro atoms. The fourth-order valence-corrected chi connectivity index (χ4v) is 3.55. The van der Waals surface area contributed by atoms with E-state index < -0.39 is 0 Å². The Kier molecular flexibility index (Phi) is 4.10. The molecule has 2 heterocycles. The number of nitrogens with zero attached hydrogens (tertiary/aromatic N) is 2. The number of rotatable bonds is 1. The summed E-state index contributed by atoms with van der Waals surface area (Å²) < 4.78 is 12.9. The van der Waals surface area contributed by atoms with Crippen LogP contribution in [-0.2, 0) is 4.79 Å². The van der Waals surface area contributed by atoms with Gasteiger partial charge in [0.25, 0.3) is 5.91 Å². The molecular formula is C16H17FN2OS. The molecule has 1 saturated heterocycles. The van der Waals surface area contributed by atoms with Crippen LogP contribution in [0.1, 0.15) is 25.3 Å². The number of halogens is 1. The van der Waals surface area contributed by atoms with E-state index in [1.807, 2.05) is 0 Å². The Morgan fingerprint density at radius 1 is 1.38 bits per heavy atom. The molecule has 2 aliphatic rings. The van der Waals surface area contributed by atoms with Crippen molar-refractivity contribution < 1.29 is 9.18 Å². The van der Waals surface area contributed by atoms with Crippen molar-refractivity contribution in [1.29, 1.82) is 0 Å². The van der Waals surface area contributed by atoms with Gasteiger partial charge < -0.3 is 4.90 Å². The first kappa shape index (κ1) is 14.3. The highest BCUT2D eigenvalue weighted by atomic mass is 32.2. The van der Waals surface area contributed by atoms with Crippen LogP contribution in [0.3, 0.4) is 0 Å². The van der Waals surface area contributed by atoms with Crippen LogP contribution in [0.5, 0.6) is 0 Å². The van der Waals surface area contributed by atoms with Gasteiger partial charge in [0.15, 0.2) is 5.17 Å². The van der Waals surface area contributed by atoms with Crippen molar-refractivity contribution in [3.05, 3.63) is 40.6 Å². The number of amidine groups is 1. The van der Waals surface area contributed by atoms with E-state index >= 15 is 0 Å². The molecular weight excluding hydrogens is 287 g/mol. The maximum absolute atomic E-state index is 12.9. The Morgan fingerprint density at radius 3 is 2.86 bits per heavy atom. The number of likely N-dealkylation sites (tertiary alicyclic amines) is 1. The van der Waals surface area contributed by atoms with Gasteiger partial charge in [-0.1, -0.05) is 19.1 Å². The number of thioether (sulfide) groups is 1. The minimum Gasteiger partial charge on any atom is -0.351 e. The number of benzene rings is 1. The smallest absolute Gasteiger partial charge is 0.286 e. The zero-order valence-corrected chi connectivity index (χ0v) is 12.7. The predicted octanol–water partition coefficient (Wildman–Crippen LogP) is 3.53. The van der Waals surface area contributed by atoms with Gasteiger partial charge in [0.2, 0.25) is 0 Å². The molecule has 110 valence electrons. The van der Waals surface area contributed by atoms with Gasteiger partial charge in [-0.3, -0.25) is 4.79 Å². The first-order valence-electron chi connectivity index (χ1n) is 7.15. The number of carbonyl (C=O) groups excluding carboxylic acids is 1. The van der Waals surface area contributed by atoms with Gasteiger partial charge in [0.1, 0.15) is 5.82 Å². The molecule has 5 heteroatoms. The van der Waals surface area contributed by atoms with E-state index in [-0.39, 0.29) is 11.7 Å². The minimum atomic E-state index is -0.276. The predicted molar refractivity (Wildman–Crippen MR) is 84.4 cm³/mol. The van der Waals surface area contributed by atoms with E-state index in [0.29, 0.717) is 10.8 Å². The molecule has 3 nitrogen and oxygen atoms in total. The van der Waals surface area contributed by atoms with Crippen molar-refractivity contribution in [3.8, 4) is 0 Å². The number of carbonyl (C=O) groups is 1. The lowest BCUT2D eigenvalue weighted by molar-refractivity contribution is -0.113. The lowest BCUT2D eigenvalue weighted by Gasteiger charge is -2.31. The lowest BCUT2D eigenvalue weighted by Crippen LogP contribution is -2.37. The Bertz CT molecular complexity index is 609. The molecule has 0 saturated carbocycles. The quantitative estimate of drug-likeness (QED) is 0.744. The zero-order chi connectivity index (χ0) is 14.8. The zero-order valence-electron chi connectivity index (χ0n) is 11.9. The Labute approximate surface area is 127 Å². The highest BCUT2D eigenvalue weighted by Crippen LogP contribution is 2.32. The first-order chi connectivity index (χ1) is 10.1. The highest BCUT2D eigenvalue weighted by Gasteiger charge is 2.28. The topological polar surface area (TPSA) is 32.7 Å². The average Bonchev–Trinajstić information content (AvgIpc) is 2.83. The molecule has 1 aromatic carbocycles. The summed E-state index contributed by atoms with van der Waals surface area (Å²) in [6.45, 7) is 4.15. The summed E-state index contributed by atoms with van der Waals surface area (Å²) in [4.78, 5) is 19.0. The van der Waals surface area contributed by atoms with Crippen LogP contribution < -0.4 is 0 Å². The molecule has 1 amide bonds. The third-order valence-electron chi connectivity index (χ3n) is 3.70. The van der Waals surface area contributed by atoms with Gasteiger partial charge in [0.05, 0.1) is 4.91 Å². The molecule has 0 aromatic heterocycles. The van der Waals surface area contributed by atoms with Crippen molar-refractivity contribution in [2.45, 2.75) is 19.8 Å². The summed E-state index contributed by atoms with van der Waals surface area (Å²) in [5.41, 5.74) is 0.815. The van der Waals surface area contributed by atoms with Crippen molar-refractivity contribution in [2.24, 2.45) is 10.9 Å². The molecule has 1 atom stereocenters. The molecule has 0 bridgehead atoms. The highest BCUT2D eigenvalue weighted by molar-refractivity contribution is 8.18. The van der Waals surface area contributed by atoms with Gasteiger partial charge in [-0.15, -0.1) is 0 Å². The van der Waals surface area contributed by atoms with Crippen LogP contribution in [0, 0.1) is 11.7 Å². The fraction of sp³-hybridized carbons (Fsp3) is 0.375. The maximum Gasteiger partial charge on any atom is 0.286 e. The maximum atomic E-state index is 12.9. The van der Waals surface area contributed by atoms with E-state index in [1.165, 1.54) is 30.3 Å². The standard InChI is InChI=1S/C16H17FN2OS/c1-11-3-2-8-19(10-11)16-18-15(20)14(21-16)9-12-4-6-13(17)7-5-12/h4-7,9,11H,2-3,8,10H2,1H3/b14-9-. The summed E-state index contributed by atoms with van der Waals surface area (Å²) in [6, 6.07) is 6.11. The molecule has 21 heavy (non-hydrogen) atoms. The van der Waals surface area contributed by atoms with Gasteiger partial charge in [-0.05, 0) is 54.3 Å². The van der Waals surface area contributed by atoms with E-state index in [1.54, 1.807) is 18.2 Å². The lowest BCUT2D eigenvalue weighted by atomic mass is 10.0. The molecule has 0 N–H and O–H groups in total. The van der Waals surface area contributed by atoms with Crippen LogP contribution in [0.25, 0.3) is 6.08 Å². The van der Waals surface area contributed by atoms with Gasteiger partial charge in [-0.2, -0.15) is 4.99 Å². The summed E-state index contributed by atoms with van der Waals surface area (Å²) in [5, 5.41) is 0.805. The Hall–Kier alpha value is -1.62.